The predicted octanol–water partition coefficient (Wildman–Crippen LogP) is 2.69. The van der Waals surface area contributed by atoms with Crippen LogP contribution >= 0.6 is 0 Å². The molecule has 0 aliphatic carbocycles. The molecule has 0 spiro atoms. The molecule has 0 N–H and O–H groups in total. The first-order chi connectivity index (χ1) is 8.93. The Morgan fingerprint density at radius 3 is 2.42 bits per heavy atom. The van der Waals surface area contributed by atoms with Crippen molar-refractivity contribution in [1.82, 2.24) is 4.31 Å². The molecule has 0 radical (unpaired) electrons. The van der Waals surface area contributed by atoms with Crippen molar-refractivity contribution in [3.63, 3.8) is 0 Å². The van der Waals surface area contributed by atoms with Gasteiger partial charge in [0.25, 0.3) is 0 Å². The lowest BCUT2D eigenvalue weighted by atomic mass is 9.86. The molecule has 19 heavy (non-hydrogen) atoms. The first-order valence-corrected chi connectivity index (χ1v) is 8.06. The van der Waals surface area contributed by atoms with Crippen LogP contribution in [0.2, 0.25) is 0 Å². The fourth-order valence-electron chi connectivity index (χ4n) is 2.61. The summed E-state index contributed by atoms with van der Waals surface area (Å²) in [7, 11) is -3.55. The predicted molar refractivity (Wildman–Crippen MR) is 73.0 cm³/mol. The molecule has 0 saturated carbocycles. The van der Waals surface area contributed by atoms with Crippen LogP contribution in [0.3, 0.4) is 0 Å². The Balaban J connectivity index is 2.17. The molecule has 1 aromatic carbocycles. The summed E-state index contributed by atoms with van der Waals surface area (Å²) in [5, 5.41) is 0. The number of alkyl halides is 1. The Kier molecular flexibility index (Phi) is 4.26. The first-order valence-electron chi connectivity index (χ1n) is 6.62. The standard InChI is InChI=1S/C14H20FNO2S/c1-11(2)13-8-9-16(10-14(13)15)19(17,18)12-6-4-3-5-7-12/h3-7,11,13-14H,8-10H2,1-2H3/t13-,14-/m1/s1. The molecule has 0 amide bonds. The van der Waals surface area contributed by atoms with Gasteiger partial charge in [-0.1, -0.05) is 32.0 Å². The van der Waals surface area contributed by atoms with Gasteiger partial charge >= 0.3 is 0 Å². The van der Waals surface area contributed by atoms with Gasteiger partial charge in [0.1, 0.15) is 6.17 Å². The quantitative estimate of drug-likeness (QED) is 0.856. The molecule has 0 unspecified atom stereocenters. The largest absolute Gasteiger partial charge is 0.246 e. The van der Waals surface area contributed by atoms with Crippen molar-refractivity contribution in [3.05, 3.63) is 30.3 Å². The van der Waals surface area contributed by atoms with Crippen LogP contribution in [0.1, 0.15) is 20.3 Å². The maximum Gasteiger partial charge on any atom is 0.243 e. The van der Waals surface area contributed by atoms with Gasteiger partial charge in [0.15, 0.2) is 0 Å². The van der Waals surface area contributed by atoms with Gasteiger partial charge in [0, 0.05) is 13.1 Å². The van der Waals surface area contributed by atoms with Gasteiger partial charge in [-0.3, -0.25) is 0 Å². The number of hydrogen-bond donors (Lipinski definition) is 0. The summed E-state index contributed by atoms with van der Waals surface area (Å²) in [6, 6.07) is 8.23. The van der Waals surface area contributed by atoms with Crippen LogP contribution in [0.4, 0.5) is 4.39 Å². The highest BCUT2D eigenvalue weighted by atomic mass is 32.2. The zero-order valence-corrected chi connectivity index (χ0v) is 12.1. The van der Waals surface area contributed by atoms with Gasteiger partial charge in [-0.25, -0.2) is 12.8 Å². The van der Waals surface area contributed by atoms with Gasteiger partial charge in [0.05, 0.1) is 4.90 Å². The SMILES string of the molecule is CC(C)[C@H]1CCN(S(=O)(=O)c2ccccc2)C[C@H]1F. The molecule has 1 heterocycles. The second-order valence-corrected chi connectivity index (χ2v) is 7.33. The molecule has 1 aromatic rings. The van der Waals surface area contributed by atoms with Crippen LogP contribution in [0.25, 0.3) is 0 Å². The molecule has 1 aliphatic heterocycles. The smallest absolute Gasteiger partial charge is 0.243 e. The normalized spacial score (nSPS) is 25.7. The van der Waals surface area contributed by atoms with Crippen molar-refractivity contribution in [2.24, 2.45) is 11.8 Å². The van der Waals surface area contributed by atoms with Gasteiger partial charge in [-0.2, -0.15) is 4.31 Å². The lowest BCUT2D eigenvalue weighted by Gasteiger charge is -2.35. The Bertz CT molecular complexity index is 516. The maximum absolute atomic E-state index is 14.1. The van der Waals surface area contributed by atoms with Crippen LogP contribution < -0.4 is 0 Å². The van der Waals surface area contributed by atoms with Crippen LogP contribution in [-0.2, 0) is 10.0 Å². The Morgan fingerprint density at radius 2 is 1.89 bits per heavy atom. The molecular formula is C14H20FNO2S. The highest BCUT2D eigenvalue weighted by Crippen LogP contribution is 2.30. The molecule has 1 fully saturated rings. The highest BCUT2D eigenvalue weighted by molar-refractivity contribution is 7.89. The lowest BCUT2D eigenvalue weighted by Crippen LogP contribution is -2.46. The van der Waals surface area contributed by atoms with E-state index in [1.165, 1.54) is 4.31 Å². The Labute approximate surface area is 114 Å². The molecule has 3 nitrogen and oxygen atoms in total. The van der Waals surface area contributed by atoms with E-state index in [4.69, 9.17) is 0 Å². The summed E-state index contributed by atoms with van der Waals surface area (Å²) >= 11 is 0. The Hall–Kier alpha value is -0.940. The van der Waals surface area contributed by atoms with E-state index in [2.05, 4.69) is 0 Å². The topological polar surface area (TPSA) is 37.4 Å². The minimum atomic E-state index is -3.55. The maximum atomic E-state index is 14.1. The third-order valence-corrected chi connectivity index (χ3v) is 5.67. The minimum Gasteiger partial charge on any atom is -0.246 e. The summed E-state index contributed by atoms with van der Waals surface area (Å²) in [6.07, 6.45) is -0.488. The summed E-state index contributed by atoms with van der Waals surface area (Å²) in [5.74, 6) is 0.207. The molecular weight excluding hydrogens is 265 g/mol. The molecule has 0 aromatic heterocycles. The van der Waals surface area contributed by atoms with Crippen molar-refractivity contribution in [3.8, 4) is 0 Å². The zero-order valence-electron chi connectivity index (χ0n) is 11.3. The number of sulfonamides is 1. The van der Waals surface area contributed by atoms with Crippen LogP contribution in [-0.4, -0.2) is 32.0 Å². The van der Waals surface area contributed by atoms with E-state index in [0.717, 1.165) is 0 Å². The summed E-state index contributed by atoms with van der Waals surface area (Å²) in [6.45, 7) is 4.35. The Morgan fingerprint density at radius 1 is 1.26 bits per heavy atom. The third-order valence-electron chi connectivity index (χ3n) is 3.79. The fourth-order valence-corrected chi connectivity index (χ4v) is 4.09. The number of hydrogen-bond acceptors (Lipinski definition) is 2. The molecule has 2 rings (SSSR count). The number of piperidine rings is 1. The minimum absolute atomic E-state index is 0.0277. The van der Waals surface area contributed by atoms with E-state index >= 15 is 0 Å². The van der Waals surface area contributed by atoms with Crippen molar-refractivity contribution in [2.75, 3.05) is 13.1 Å². The van der Waals surface area contributed by atoms with Crippen molar-refractivity contribution in [2.45, 2.75) is 31.3 Å². The number of nitrogens with zero attached hydrogens (tertiary/aromatic N) is 1. The van der Waals surface area contributed by atoms with Gasteiger partial charge < -0.3 is 0 Å². The monoisotopic (exact) mass is 285 g/mol. The summed E-state index contributed by atoms with van der Waals surface area (Å²) < 4.78 is 40.1. The lowest BCUT2D eigenvalue weighted by molar-refractivity contribution is 0.101. The highest BCUT2D eigenvalue weighted by Gasteiger charge is 2.36. The van der Waals surface area contributed by atoms with E-state index in [1.54, 1.807) is 30.3 Å². The molecule has 2 atom stereocenters. The van der Waals surface area contributed by atoms with Crippen molar-refractivity contribution >= 4 is 10.0 Å². The average molecular weight is 285 g/mol. The molecule has 5 heteroatoms. The number of halogens is 1. The second-order valence-electron chi connectivity index (χ2n) is 5.39. The van der Waals surface area contributed by atoms with Crippen LogP contribution in [0.5, 0.6) is 0 Å². The van der Waals surface area contributed by atoms with E-state index < -0.39 is 16.2 Å². The van der Waals surface area contributed by atoms with Crippen molar-refractivity contribution in [1.29, 1.82) is 0 Å². The number of benzene rings is 1. The van der Waals surface area contributed by atoms with E-state index in [-0.39, 0.29) is 23.3 Å². The molecule has 1 aliphatic rings. The zero-order chi connectivity index (χ0) is 14.0. The van der Waals surface area contributed by atoms with E-state index in [0.29, 0.717) is 13.0 Å². The molecule has 106 valence electrons. The third kappa shape index (κ3) is 2.98. The molecule has 1 saturated heterocycles. The summed E-state index contributed by atoms with van der Waals surface area (Å²) in [5.41, 5.74) is 0. The fraction of sp³-hybridized carbons (Fsp3) is 0.571. The van der Waals surface area contributed by atoms with E-state index in [1.807, 2.05) is 13.8 Å². The van der Waals surface area contributed by atoms with Crippen molar-refractivity contribution < 1.29 is 12.8 Å². The summed E-state index contributed by atoms with van der Waals surface area (Å²) in [4.78, 5) is 0.241. The number of rotatable bonds is 3. The van der Waals surface area contributed by atoms with Crippen LogP contribution in [0.15, 0.2) is 35.2 Å². The second kappa shape index (κ2) is 5.59. The van der Waals surface area contributed by atoms with Crippen LogP contribution in [0, 0.1) is 11.8 Å². The van der Waals surface area contributed by atoms with Gasteiger partial charge in [0.2, 0.25) is 10.0 Å². The van der Waals surface area contributed by atoms with E-state index in [9.17, 15) is 12.8 Å². The van der Waals surface area contributed by atoms with Gasteiger partial charge in [-0.15, -0.1) is 0 Å². The first kappa shape index (κ1) is 14.5. The average Bonchev–Trinajstić information content (AvgIpc) is 2.39. The molecule has 0 bridgehead atoms. The van der Waals surface area contributed by atoms with Gasteiger partial charge in [-0.05, 0) is 30.4 Å².